The molecule has 0 aromatic carbocycles. The highest BCUT2D eigenvalue weighted by Crippen LogP contribution is 2.14. The molecule has 9 heteroatoms. The van der Waals surface area contributed by atoms with Crippen LogP contribution in [0.25, 0.3) is 0 Å². The zero-order chi connectivity index (χ0) is 16.9. The van der Waals surface area contributed by atoms with Crippen molar-refractivity contribution in [2.45, 2.75) is 39.3 Å². The summed E-state index contributed by atoms with van der Waals surface area (Å²) in [5.41, 5.74) is 0. The van der Waals surface area contributed by atoms with Crippen LogP contribution in [0.2, 0.25) is 0 Å². The standard InChI is InChI=1S/C14H25N5O2S2/c1-4-23(20,21)19-7-5-12(6-8-19)18-14(15-3)17-10-13-16-9-11(2)22-13/h9,12H,4-8,10H2,1-3H3,(H2,15,17,18). The SMILES string of the molecule is CCS(=O)(=O)N1CCC(NC(=NC)NCc2ncc(C)s2)CC1. The van der Waals surface area contributed by atoms with Crippen LogP contribution in [0.1, 0.15) is 29.7 Å². The number of aliphatic imine (C=N–C) groups is 1. The number of aromatic nitrogens is 1. The predicted molar refractivity (Wildman–Crippen MR) is 94.2 cm³/mol. The number of guanidine groups is 1. The molecule has 1 aromatic heterocycles. The van der Waals surface area contributed by atoms with Gasteiger partial charge in [-0.05, 0) is 26.7 Å². The van der Waals surface area contributed by atoms with E-state index in [9.17, 15) is 8.42 Å². The summed E-state index contributed by atoms with van der Waals surface area (Å²) in [6, 6.07) is 0.238. The Morgan fingerprint density at radius 1 is 1.48 bits per heavy atom. The Morgan fingerprint density at radius 3 is 2.70 bits per heavy atom. The highest BCUT2D eigenvalue weighted by Gasteiger charge is 2.26. The fraction of sp³-hybridized carbons (Fsp3) is 0.714. The molecule has 0 radical (unpaired) electrons. The summed E-state index contributed by atoms with van der Waals surface area (Å²) in [5, 5.41) is 7.64. The van der Waals surface area contributed by atoms with Crippen molar-refractivity contribution >= 4 is 27.3 Å². The number of piperidine rings is 1. The molecule has 1 aliphatic heterocycles. The van der Waals surface area contributed by atoms with E-state index in [1.807, 2.05) is 13.1 Å². The molecule has 1 saturated heterocycles. The summed E-state index contributed by atoms with van der Waals surface area (Å²) >= 11 is 1.66. The molecule has 0 bridgehead atoms. The van der Waals surface area contributed by atoms with E-state index in [0.29, 0.717) is 19.6 Å². The Bertz CT molecular complexity index is 633. The van der Waals surface area contributed by atoms with E-state index in [1.54, 1.807) is 29.6 Å². The number of nitrogens with zero attached hydrogens (tertiary/aromatic N) is 3. The van der Waals surface area contributed by atoms with Crippen molar-refractivity contribution in [1.29, 1.82) is 0 Å². The Balaban J connectivity index is 1.80. The summed E-state index contributed by atoms with van der Waals surface area (Å²) in [7, 11) is -1.33. The maximum absolute atomic E-state index is 11.9. The number of hydrogen-bond acceptors (Lipinski definition) is 5. The monoisotopic (exact) mass is 359 g/mol. The Hall–Kier alpha value is -1.19. The van der Waals surface area contributed by atoms with Crippen LogP contribution in [0.3, 0.4) is 0 Å². The summed E-state index contributed by atoms with van der Waals surface area (Å²) < 4.78 is 25.3. The molecular weight excluding hydrogens is 334 g/mol. The Labute approximate surface area is 142 Å². The van der Waals surface area contributed by atoms with Gasteiger partial charge in [-0.3, -0.25) is 4.99 Å². The molecule has 0 unspecified atom stereocenters. The van der Waals surface area contributed by atoms with Gasteiger partial charge in [0.15, 0.2) is 5.96 Å². The van der Waals surface area contributed by atoms with Gasteiger partial charge in [0, 0.05) is 37.3 Å². The van der Waals surface area contributed by atoms with Crippen molar-refractivity contribution in [3.05, 3.63) is 16.1 Å². The van der Waals surface area contributed by atoms with Crippen molar-refractivity contribution in [3.63, 3.8) is 0 Å². The van der Waals surface area contributed by atoms with Gasteiger partial charge in [0.1, 0.15) is 5.01 Å². The van der Waals surface area contributed by atoms with Gasteiger partial charge in [0.25, 0.3) is 0 Å². The first-order valence-corrected chi connectivity index (χ1v) is 10.2. The van der Waals surface area contributed by atoms with Crippen LogP contribution in [-0.4, -0.2) is 55.6 Å². The minimum Gasteiger partial charge on any atom is -0.354 e. The zero-order valence-corrected chi connectivity index (χ0v) is 15.5. The van der Waals surface area contributed by atoms with Crippen LogP contribution in [0.5, 0.6) is 0 Å². The molecule has 0 spiro atoms. The Kier molecular flexibility index (Phi) is 6.37. The highest BCUT2D eigenvalue weighted by molar-refractivity contribution is 7.89. The van der Waals surface area contributed by atoms with Crippen LogP contribution in [0, 0.1) is 6.92 Å². The molecule has 23 heavy (non-hydrogen) atoms. The van der Waals surface area contributed by atoms with Crippen molar-refractivity contribution in [1.82, 2.24) is 19.9 Å². The third kappa shape index (κ3) is 5.15. The van der Waals surface area contributed by atoms with E-state index < -0.39 is 10.0 Å². The lowest BCUT2D eigenvalue weighted by atomic mass is 10.1. The molecule has 0 aliphatic carbocycles. The highest BCUT2D eigenvalue weighted by atomic mass is 32.2. The van der Waals surface area contributed by atoms with Crippen molar-refractivity contribution in [3.8, 4) is 0 Å². The van der Waals surface area contributed by atoms with Crippen LogP contribution in [0.4, 0.5) is 0 Å². The predicted octanol–water partition coefficient (Wildman–Crippen LogP) is 0.931. The minimum atomic E-state index is -3.07. The van der Waals surface area contributed by atoms with Gasteiger partial charge in [-0.1, -0.05) is 0 Å². The molecule has 0 amide bonds. The number of aryl methyl sites for hydroxylation is 1. The van der Waals surface area contributed by atoms with Crippen molar-refractivity contribution in [2.24, 2.45) is 4.99 Å². The molecule has 2 heterocycles. The van der Waals surface area contributed by atoms with Crippen LogP contribution in [0.15, 0.2) is 11.2 Å². The third-order valence-electron chi connectivity index (χ3n) is 3.85. The normalized spacial score (nSPS) is 18.1. The molecule has 130 valence electrons. The maximum atomic E-state index is 11.9. The maximum Gasteiger partial charge on any atom is 0.213 e. The van der Waals surface area contributed by atoms with Crippen LogP contribution < -0.4 is 10.6 Å². The lowest BCUT2D eigenvalue weighted by molar-refractivity contribution is 0.306. The zero-order valence-electron chi connectivity index (χ0n) is 13.9. The lowest BCUT2D eigenvalue weighted by Crippen LogP contribution is -2.49. The second-order valence-electron chi connectivity index (χ2n) is 5.51. The number of hydrogen-bond donors (Lipinski definition) is 2. The first-order chi connectivity index (χ1) is 10.9. The van der Waals surface area contributed by atoms with E-state index in [0.717, 1.165) is 23.8 Å². The fourth-order valence-electron chi connectivity index (χ4n) is 2.49. The first-order valence-electron chi connectivity index (χ1n) is 7.81. The summed E-state index contributed by atoms with van der Waals surface area (Å²) in [6.07, 6.45) is 3.44. The Morgan fingerprint density at radius 2 is 2.17 bits per heavy atom. The number of sulfonamides is 1. The average Bonchev–Trinajstić information content (AvgIpc) is 2.97. The average molecular weight is 360 g/mol. The fourth-order valence-corrected chi connectivity index (χ4v) is 4.35. The topological polar surface area (TPSA) is 86.7 Å². The van der Waals surface area contributed by atoms with Crippen LogP contribution >= 0.6 is 11.3 Å². The van der Waals surface area contributed by atoms with Gasteiger partial charge < -0.3 is 10.6 Å². The number of rotatable bonds is 5. The van der Waals surface area contributed by atoms with E-state index in [-0.39, 0.29) is 11.8 Å². The molecule has 1 aliphatic rings. The third-order valence-corrected chi connectivity index (χ3v) is 6.65. The largest absolute Gasteiger partial charge is 0.354 e. The van der Waals surface area contributed by atoms with E-state index in [1.165, 1.54) is 4.88 Å². The van der Waals surface area contributed by atoms with E-state index >= 15 is 0 Å². The molecule has 1 aromatic rings. The molecule has 7 nitrogen and oxygen atoms in total. The van der Waals surface area contributed by atoms with Gasteiger partial charge in [0.05, 0.1) is 12.3 Å². The van der Waals surface area contributed by atoms with Gasteiger partial charge in [-0.15, -0.1) is 11.3 Å². The summed E-state index contributed by atoms with van der Waals surface area (Å²) in [5.74, 6) is 0.899. The quantitative estimate of drug-likeness (QED) is 0.603. The molecule has 0 saturated carbocycles. The van der Waals surface area contributed by atoms with Crippen molar-refractivity contribution in [2.75, 3.05) is 25.9 Å². The first kappa shape index (κ1) is 18.2. The summed E-state index contributed by atoms with van der Waals surface area (Å²) in [6.45, 7) is 5.49. The van der Waals surface area contributed by atoms with Gasteiger partial charge in [-0.25, -0.2) is 17.7 Å². The molecular formula is C14H25N5O2S2. The molecule has 0 atom stereocenters. The molecule has 1 fully saturated rings. The second-order valence-corrected chi connectivity index (χ2v) is 9.09. The summed E-state index contributed by atoms with van der Waals surface area (Å²) in [4.78, 5) is 9.73. The molecule has 2 rings (SSSR count). The van der Waals surface area contributed by atoms with Gasteiger partial charge in [-0.2, -0.15) is 0 Å². The number of thiazole rings is 1. The minimum absolute atomic E-state index is 0.168. The van der Waals surface area contributed by atoms with Crippen LogP contribution in [-0.2, 0) is 16.6 Å². The van der Waals surface area contributed by atoms with Crippen molar-refractivity contribution < 1.29 is 8.42 Å². The smallest absolute Gasteiger partial charge is 0.213 e. The number of nitrogens with one attached hydrogen (secondary N) is 2. The van der Waals surface area contributed by atoms with Gasteiger partial charge >= 0.3 is 0 Å². The van der Waals surface area contributed by atoms with Gasteiger partial charge in [0.2, 0.25) is 10.0 Å². The lowest BCUT2D eigenvalue weighted by Gasteiger charge is -2.32. The second kappa shape index (κ2) is 8.07. The van der Waals surface area contributed by atoms with E-state index in [4.69, 9.17) is 0 Å². The molecule has 2 N–H and O–H groups in total. The van der Waals surface area contributed by atoms with E-state index in [2.05, 4.69) is 20.6 Å².